The maximum atomic E-state index is 12.3. The molecule has 0 aliphatic rings. The lowest BCUT2D eigenvalue weighted by atomic mass is 10.2. The molecule has 0 unspecified atom stereocenters. The van der Waals surface area contributed by atoms with Crippen molar-refractivity contribution < 1.29 is 4.79 Å². The molecule has 1 aromatic carbocycles. The van der Waals surface area contributed by atoms with Gasteiger partial charge in [0, 0.05) is 15.4 Å². The smallest absolute Gasteiger partial charge is 0.179 e. The number of Topliss-reactive ketones (excluding diaryl/α,β-unsaturated/α-hetero) is 1. The number of nitrogens with zero attached hydrogens (tertiary/aromatic N) is 1. The van der Waals surface area contributed by atoms with E-state index in [2.05, 4.69) is 36.8 Å². The minimum atomic E-state index is 0.0976. The van der Waals surface area contributed by atoms with Crippen molar-refractivity contribution >= 4 is 60.3 Å². The molecule has 3 aromatic rings. The molecule has 2 heterocycles. The van der Waals surface area contributed by atoms with Crippen LogP contribution in [0.15, 0.2) is 50.0 Å². The molecule has 2 nitrogen and oxygen atoms in total. The third-order valence-electron chi connectivity index (χ3n) is 2.85. The van der Waals surface area contributed by atoms with E-state index >= 15 is 0 Å². The third kappa shape index (κ3) is 3.51. The molecular formula is C15H9Br2NOS2. The van der Waals surface area contributed by atoms with Crippen LogP contribution in [0.3, 0.4) is 0 Å². The number of thiophene rings is 1. The summed E-state index contributed by atoms with van der Waals surface area (Å²) >= 11 is 9.78. The highest BCUT2D eigenvalue weighted by molar-refractivity contribution is 9.13. The average molecular weight is 443 g/mol. The van der Waals surface area contributed by atoms with Gasteiger partial charge in [-0.1, -0.05) is 30.3 Å². The largest absolute Gasteiger partial charge is 0.293 e. The summed E-state index contributed by atoms with van der Waals surface area (Å²) in [5, 5.41) is 2.84. The number of hydrogen-bond donors (Lipinski definition) is 0. The summed E-state index contributed by atoms with van der Waals surface area (Å²) in [4.78, 5) is 17.6. The number of hydrogen-bond acceptors (Lipinski definition) is 4. The zero-order valence-corrected chi connectivity index (χ0v) is 15.5. The Hall–Kier alpha value is -0.820. The lowest BCUT2D eigenvalue weighted by molar-refractivity contribution is 0.0997. The molecule has 2 aromatic heterocycles. The minimum Gasteiger partial charge on any atom is -0.293 e. The first-order valence-electron chi connectivity index (χ1n) is 6.11. The van der Waals surface area contributed by atoms with Gasteiger partial charge in [-0.3, -0.25) is 4.79 Å². The van der Waals surface area contributed by atoms with Crippen LogP contribution in [0.1, 0.15) is 14.7 Å². The van der Waals surface area contributed by atoms with Crippen molar-refractivity contribution in [3.05, 3.63) is 59.9 Å². The van der Waals surface area contributed by atoms with Gasteiger partial charge in [0.05, 0.1) is 20.8 Å². The van der Waals surface area contributed by atoms with Crippen LogP contribution in [-0.4, -0.2) is 10.8 Å². The fourth-order valence-corrected chi connectivity index (χ4v) is 4.62. The Morgan fingerprint density at radius 2 is 1.95 bits per heavy atom. The molecule has 0 N–H and O–H groups in total. The van der Waals surface area contributed by atoms with Crippen molar-refractivity contribution in [2.75, 3.05) is 0 Å². The van der Waals surface area contributed by atoms with Gasteiger partial charge >= 0.3 is 0 Å². The molecular weight excluding hydrogens is 434 g/mol. The third-order valence-corrected chi connectivity index (χ3v) is 7.00. The van der Waals surface area contributed by atoms with Gasteiger partial charge in [0.1, 0.15) is 5.01 Å². The molecule has 0 atom stereocenters. The number of carbonyl (C=O) groups excluding carboxylic acids is 1. The second-order valence-corrected chi connectivity index (χ2v) is 8.49. The predicted octanol–water partition coefficient (Wildman–Crippen LogP) is 5.82. The van der Waals surface area contributed by atoms with Crippen LogP contribution in [0, 0.1) is 0 Å². The van der Waals surface area contributed by atoms with Crippen molar-refractivity contribution in [2.24, 2.45) is 0 Å². The average Bonchev–Trinajstić information content (AvgIpc) is 3.08. The van der Waals surface area contributed by atoms with Crippen LogP contribution in [0.2, 0.25) is 0 Å². The van der Waals surface area contributed by atoms with Crippen molar-refractivity contribution in [1.82, 2.24) is 4.98 Å². The summed E-state index contributed by atoms with van der Waals surface area (Å²) in [6, 6.07) is 11.8. The Morgan fingerprint density at radius 3 is 2.62 bits per heavy atom. The molecule has 0 fully saturated rings. The number of ketones is 1. The van der Waals surface area contributed by atoms with Crippen LogP contribution in [0.4, 0.5) is 0 Å². The first kappa shape index (κ1) is 15.1. The summed E-state index contributed by atoms with van der Waals surface area (Å²) in [6.45, 7) is 0. The van der Waals surface area contributed by atoms with Crippen LogP contribution >= 0.6 is 54.5 Å². The SMILES string of the molecule is O=C(Cc1nc(-c2ccccc2)cs1)c1cc(Br)c(Br)s1. The van der Waals surface area contributed by atoms with Gasteiger partial charge in [-0.2, -0.15) is 0 Å². The van der Waals surface area contributed by atoms with E-state index in [1.165, 1.54) is 22.7 Å². The van der Waals surface area contributed by atoms with Gasteiger partial charge in [-0.05, 0) is 37.9 Å². The van der Waals surface area contributed by atoms with Crippen LogP contribution in [-0.2, 0) is 6.42 Å². The van der Waals surface area contributed by atoms with Gasteiger partial charge in [0.15, 0.2) is 5.78 Å². The van der Waals surface area contributed by atoms with E-state index in [-0.39, 0.29) is 5.78 Å². The monoisotopic (exact) mass is 441 g/mol. The summed E-state index contributed by atoms with van der Waals surface area (Å²) in [6.07, 6.45) is 0.344. The van der Waals surface area contributed by atoms with Gasteiger partial charge in [-0.15, -0.1) is 22.7 Å². The molecule has 21 heavy (non-hydrogen) atoms. The topological polar surface area (TPSA) is 30.0 Å². The highest BCUT2D eigenvalue weighted by Gasteiger charge is 2.15. The number of benzene rings is 1. The fraction of sp³-hybridized carbons (Fsp3) is 0.0667. The Balaban J connectivity index is 1.77. The Bertz CT molecular complexity index is 761. The molecule has 0 amide bonds. The molecule has 106 valence electrons. The molecule has 0 spiro atoms. The summed E-state index contributed by atoms with van der Waals surface area (Å²) < 4.78 is 1.86. The number of carbonyl (C=O) groups is 1. The summed E-state index contributed by atoms with van der Waals surface area (Å²) in [7, 11) is 0. The van der Waals surface area contributed by atoms with Crippen LogP contribution in [0.5, 0.6) is 0 Å². The quantitative estimate of drug-likeness (QED) is 0.476. The van der Waals surface area contributed by atoms with E-state index in [0.717, 1.165) is 29.4 Å². The standard InChI is InChI=1S/C15H9Br2NOS2/c16-10-6-13(21-15(10)17)12(19)7-14-18-11(8-20-14)9-4-2-1-3-5-9/h1-6,8H,7H2. The van der Waals surface area contributed by atoms with Crippen LogP contribution < -0.4 is 0 Å². The van der Waals surface area contributed by atoms with Gasteiger partial charge in [0.2, 0.25) is 0 Å². The first-order valence-corrected chi connectivity index (χ1v) is 9.39. The maximum Gasteiger partial charge on any atom is 0.179 e. The molecule has 3 rings (SSSR count). The highest BCUT2D eigenvalue weighted by Crippen LogP contribution is 2.33. The lowest BCUT2D eigenvalue weighted by Gasteiger charge is -1.95. The summed E-state index contributed by atoms with van der Waals surface area (Å²) in [5.74, 6) is 0.0976. The van der Waals surface area contributed by atoms with E-state index in [1.54, 1.807) is 0 Å². The van der Waals surface area contributed by atoms with Crippen molar-refractivity contribution in [2.45, 2.75) is 6.42 Å². The molecule has 0 bridgehead atoms. The molecule has 0 saturated carbocycles. The molecule has 0 aliphatic carbocycles. The van der Waals surface area contributed by atoms with Gasteiger partial charge in [-0.25, -0.2) is 4.98 Å². The number of aromatic nitrogens is 1. The van der Waals surface area contributed by atoms with Crippen LogP contribution in [0.25, 0.3) is 11.3 Å². The second-order valence-electron chi connectivity index (χ2n) is 4.32. The summed E-state index contributed by atoms with van der Waals surface area (Å²) in [5.41, 5.74) is 2.01. The first-order chi connectivity index (χ1) is 10.1. The number of rotatable bonds is 4. The molecule has 0 saturated heterocycles. The Kier molecular flexibility index (Phi) is 4.69. The van der Waals surface area contributed by atoms with Crippen molar-refractivity contribution in [3.63, 3.8) is 0 Å². The normalized spacial score (nSPS) is 10.8. The Labute approximate surface area is 147 Å². The maximum absolute atomic E-state index is 12.3. The number of halogens is 2. The zero-order valence-electron chi connectivity index (χ0n) is 10.7. The van der Waals surface area contributed by atoms with Gasteiger partial charge < -0.3 is 0 Å². The van der Waals surface area contributed by atoms with E-state index in [1.807, 2.05) is 41.8 Å². The minimum absolute atomic E-state index is 0.0976. The predicted molar refractivity (Wildman–Crippen MR) is 95.3 cm³/mol. The zero-order chi connectivity index (χ0) is 14.8. The van der Waals surface area contributed by atoms with E-state index in [0.29, 0.717) is 6.42 Å². The van der Waals surface area contributed by atoms with E-state index in [9.17, 15) is 4.79 Å². The molecule has 0 aliphatic heterocycles. The van der Waals surface area contributed by atoms with Gasteiger partial charge in [0.25, 0.3) is 0 Å². The second kappa shape index (κ2) is 6.52. The van der Waals surface area contributed by atoms with E-state index < -0.39 is 0 Å². The van der Waals surface area contributed by atoms with Crippen molar-refractivity contribution in [1.29, 1.82) is 0 Å². The van der Waals surface area contributed by atoms with Crippen molar-refractivity contribution in [3.8, 4) is 11.3 Å². The van der Waals surface area contributed by atoms with E-state index in [4.69, 9.17) is 0 Å². The highest BCUT2D eigenvalue weighted by atomic mass is 79.9. The molecule has 0 radical (unpaired) electrons. The molecule has 6 heteroatoms. The number of thiazole rings is 1. The lowest BCUT2D eigenvalue weighted by Crippen LogP contribution is -2.00. The Morgan fingerprint density at radius 1 is 1.19 bits per heavy atom. The fourth-order valence-electron chi connectivity index (χ4n) is 1.84.